The molecular formula is C24H31ClN2O3. The Morgan fingerprint density at radius 3 is 2.87 bits per heavy atom. The first-order valence-corrected chi connectivity index (χ1v) is 11.0. The van der Waals surface area contributed by atoms with Gasteiger partial charge in [0.1, 0.15) is 0 Å². The number of benzene rings is 2. The maximum absolute atomic E-state index is 12.1. The van der Waals surface area contributed by atoms with Crippen molar-refractivity contribution in [2.45, 2.75) is 32.7 Å². The minimum Gasteiger partial charge on any atom is -0.493 e. The summed E-state index contributed by atoms with van der Waals surface area (Å²) in [4.78, 5) is 14.6. The van der Waals surface area contributed by atoms with Gasteiger partial charge >= 0.3 is 0 Å². The minimum atomic E-state index is -0.133. The number of nitrogens with one attached hydrogen (secondary N) is 1. The van der Waals surface area contributed by atoms with Gasteiger partial charge in [-0.15, -0.1) is 0 Å². The molecule has 1 amide bonds. The predicted octanol–water partition coefficient (Wildman–Crippen LogP) is 4.78. The molecule has 3 rings (SSSR count). The number of hydrogen-bond acceptors (Lipinski definition) is 4. The van der Waals surface area contributed by atoms with Crippen LogP contribution in [0.1, 0.15) is 42.1 Å². The van der Waals surface area contributed by atoms with Gasteiger partial charge in [0.15, 0.2) is 11.5 Å². The van der Waals surface area contributed by atoms with Gasteiger partial charge in [-0.25, -0.2) is 0 Å². The van der Waals surface area contributed by atoms with Gasteiger partial charge in [0.25, 0.3) is 5.91 Å². The van der Waals surface area contributed by atoms with Crippen LogP contribution in [0.5, 0.6) is 11.5 Å². The molecule has 1 fully saturated rings. The fourth-order valence-corrected chi connectivity index (χ4v) is 4.00. The molecule has 0 aliphatic carbocycles. The zero-order valence-electron chi connectivity index (χ0n) is 17.8. The van der Waals surface area contributed by atoms with Crippen molar-refractivity contribution in [3.63, 3.8) is 0 Å². The summed E-state index contributed by atoms with van der Waals surface area (Å²) in [7, 11) is 1.67. The molecule has 1 aliphatic rings. The molecule has 162 valence electrons. The molecule has 2 aromatic rings. The summed E-state index contributed by atoms with van der Waals surface area (Å²) in [6.45, 7) is 6.60. The Kier molecular flexibility index (Phi) is 8.40. The number of nitrogens with zero attached hydrogens (tertiary/aromatic N) is 1. The smallest absolute Gasteiger partial charge is 0.251 e. The van der Waals surface area contributed by atoms with Crippen molar-refractivity contribution in [1.82, 2.24) is 10.2 Å². The Hall–Kier alpha value is -2.24. The Bertz CT molecular complexity index is 843. The largest absolute Gasteiger partial charge is 0.493 e. The first-order valence-electron chi connectivity index (χ1n) is 10.6. The number of methoxy groups -OCH3 is 1. The molecule has 1 heterocycles. The lowest BCUT2D eigenvalue weighted by Gasteiger charge is -2.30. The lowest BCUT2D eigenvalue weighted by Crippen LogP contribution is -2.33. The highest BCUT2D eigenvalue weighted by Gasteiger charge is 2.17. The Morgan fingerprint density at radius 1 is 1.23 bits per heavy atom. The topological polar surface area (TPSA) is 50.8 Å². The van der Waals surface area contributed by atoms with Crippen LogP contribution in [0.2, 0.25) is 5.02 Å². The summed E-state index contributed by atoms with van der Waals surface area (Å²) in [5.74, 6) is 2.11. The predicted molar refractivity (Wildman–Crippen MR) is 121 cm³/mol. The number of amides is 1. The summed E-state index contributed by atoms with van der Waals surface area (Å²) in [6.07, 6.45) is 3.29. The van der Waals surface area contributed by atoms with Gasteiger partial charge in [0.05, 0.1) is 13.7 Å². The van der Waals surface area contributed by atoms with E-state index < -0.39 is 0 Å². The molecule has 0 saturated carbocycles. The lowest BCUT2D eigenvalue weighted by molar-refractivity contribution is 0.0951. The van der Waals surface area contributed by atoms with E-state index in [2.05, 4.69) is 29.3 Å². The van der Waals surface area contributed by atoms with E-state index in [1.807, 2.05) is 6.07 Å². The highest BCUT2D eigenvalue weighted by atomic mass is 35.5. The van der Waals surface area contributed by atoms with Crippen LogP contribution in [-0.4, -0.2) is 44.2 Å². The number of carbonyl (C=O) groups is 1. The van der Waals surface area contributed by atoms with Crippen molar-refractivity contribution in [3.8, 4) is 11.5 Å². The molecule has 1 saturated heterocycles. The molecule has 0 spiro atoms. The summed E-state index contributed by atoms with van der Waals surface area (Å²) in [5, 5.41) is 3.44. The van der Waals surface area contributed by atoms with Crippen LogP contribution < -0.4 is 14.8 Å². The van der Waals surface area contributed by atoms with Crippen LogP contribution in [0.15, 0.2) is 42.5 Å². The maximum atomic E-state index is 12.1. The van der Waals surface area contributed by atoms with Crippen molar-refractivity contribution < 1.29 is 14.3 Å². The first-order chi connectivity index (χ1) is 14.5. The third-order valence-electron chi connectivity index (χ3n) is 5.33. The zero-order valence-corrected chi connectivity index (χ0v) is 18.6. The van der Waals surface area contributed by atoms with E-state index in [1.54, 1.807) is 31.4 Å². The normalized spacial score (nSPS) is 16.8. The van der Waals surface area contributed by atoms with Crippen LogP contribution in [0.4, 0.5) is 0 Å². The molecule has 2 aromatic carbocycles. The Morgan fingerprint density at radius 2 is 2.10 bits per heavy atom. The first kappa shape index (κ1) is 22.4. The van der Waals surface area contributed by atoms with Crippen LogP contribution in [0.25, 0.3) is 0 Å². The second-order valence-corrected chi connectivity index (χ2v) is 8.37. The van der Waals surface area contributed by atoms with E-state index >= 15 is 0 Å². The molecule has 5 nitrogen and oxygen atoms in total. The van der Waals surface area contributed by atoms with Crippen molar-refractivity contribution in [2.75, 3.05) is 33.4 Å². The van der Waals surface area contributed by atoms with Crippen molar-refractivity contribution in [1.29, 1.82) is 0 Å². The number of likely N-dealkylation sites (tertiary alicyclic amines) is 1. The van der Waals surface area contributed by atoms with Gasteiger partial charge < -0.3 is 14.8 Å². The summed E-state index contributed by atoms with van der Waals surface area (Å²) in [5.41, 5.74) is 1.80. The van der Waals surface area contributed by atoms with E-state index in [4.69, 9.17) is 21.1 Å². The monoisotopic (exact) mass is 430 g/mol. The molecule has 0 bridgehead atoms. The molecule has 0 radical (unpaired) electrons. The number of halogens is 1. The fraction of sp³-hybridized carbons (Fsp3) is 0.458. The molecule has 0 aromatic heterocycles. The van der Waals surface area contributed by atoms with Crippen molar-refractivity contribution in [2.24, 2.45) is 5.92 Å². The van der Waals surface area contributed by atoms with Crippen molar-refractivity contribution in [3.05, 3.63) is 58.6 Å². The summed E-state index contributed by atoms with van der Waals surface area (Å²) >= 11 is 5.93. The van der Waals surface area contributed by atoms with Crippen LogP contribution in [-0.2, 0) is 6.54 Å². The highest BCUT2D eigenvalue weighted by Crippen LogP contribution is 2.29. The average Bonchev–Trinajstić information content (AvgIpc) is 2.74. The van der Waals surface area contributed by atoms with Gasteiger partial charge in [0, 0.05) is 30.2 Å². The number of carbonyl (C=O) groups excluding carboxylic acids is 1. The second-order valence-electron chi connectivity index (χ2n) is 7.94. The Labute approximate surface area is 184 Å². The van der Waals surface area contributed by atoms with E-state index in [1.165, 1.54) is 18.4 Å². The van der Waals surface area contributed by atoms with E-state index in [0.29, 0.717) is 30.2 Å². The third kappa shape index (κ3) is 6.64. The SMILES string of the molecule is COc1cc(CN2CCC[C@@H](C)C2)ccc1OCCCNC(=O)c1cccc(Cl)c1. The number of piperidine rings is 1. The highest BCUT2D eigenvalue weighted by molar-refractivity contribution is 6.30. The quantitative estimate of drug-likeness (QED) is 0.581. The molecule has 30 heavy (non-hydrogen) atoms. The average molecular weight is 431 g/mol. The minimum absolute atomic E-state index is 0.133. The van der Waals surface area contributed by atoms with E-state index in [9.17, 15) is 4.79 Å². The molecule has 1 aliphatic heterocycles. The zero-order chi connectivity index (χ0) is 21.3. The van der Waals surface area contributed by atoms with E-state index in [-0.39, 0.29) is 5.91 Å². The summed E-state index contributed by atoms with van der Waals surface area (Å²) < 4.78 is 11.4. The van der Waals surface area contributed by atoms with Crippen LogP contribution in [0, 0.1) is 5.92 Å². The van der Waals surface area contributed by atoms with E-state index in [0.717, 1.165) is 37.1 Å². The molecule has 0 unspecified atom stereocenters. The van der Waals surface area contributed by atoms with Crippen molar-refractivity contribution >= 4 is 17.5 Å². The second kappa shape index (κ2) is 11.2. The van der Waals surface area contributed by atoms with Gasteiger partial charge in [-0.05, 0) is 67.6 Å². The van der Waals surface area contributed by atoms with Crippen LogP contribution in [0.3, 0.4) is 0 Å². The molecule has 6 heteroatoms. The number of rotatable bonds is 9. The number of ether oxygens (including phenoxy) is 2. The molecular weight excluding hydrogens is 400 g/mol. The van der Waals surface area contributed by atoms with Gasteiger partial charge in [-0.3, -0.25) is 9.69 Å². The fourth-order valence-electron chi connectivity index (χ4n) is 3.81. The summed E-state index contributed by atoms with van der Waals surface area (Å²) in [6, 6.07) is 13.1. The maximum Gasteiger partial charge on any atom is 0.251 e. The number of hydrogen-bond donors (Lipinski definition) is 1. The lowest BCUT2D eigenvalue weighted by atomic mass is 10.00. The van der Waals surface area contributed by atoms with Gasteiger partial charge in [-0.1, -0.05) is 30.7 Å². The van der Waals surface area contributed by atoms with Gasteiger partial charge in [0.2, 0.25) is 0 Å². The molecule has 1 N–H and O–H groups in total. The molecule has 1 atom stereocenters. The Balaban J connectivity index is 1.44. The van der Waals surface area contributed by atoms with Crippen LogP contribution >= 0.6 is 11.6 Å². The third-order valence-corrected chi connectivity index (χ3v) is 5.56. The standard InChI is InChI=1S/C24H31ClN2O3/c1-18-6-4-12-27(16-18)17-19-9-10-22(23(14-19)29-2)30-13-5-11-26-24(28)20-7-3-8-21(25)15-20/h3,7-10,14-15,18H,4-6,11-13,16-17H2,1-2H3,(H,26,28)/t18-/m1/s1. The van der Waals surface area contributed by atoms with Gasteiger partial charge in [-0.2, -0.15) is 0 Å².